The highest BCUT2D eigenvalue weighted by Gasteiger charge is 2.42. The van der Waals surface area contributed by atoms with Gasteiger partial charge in [0.25, 0.3) is 0 Å². The minimum Gasteiger partial charge on any atom is -0.479 e. The maximum Gasteiger partial charge on any atom is 0.335 e. The van der Waals surface area contributed by atoms with Gasteiger partial charge in [-0.25, -0.2) is 9.59 Å². The third-order valence-electron chi connectivity index (χ3n) is 2.84. The minimum atomic E-state index is -2.36. The zero-order valence-corrected chi connectivity index (χ0v) is 10.4. The van der Waals surface area contributed by atoms with E-state index in [4.69, 9.17) is 15.9 Å². The molecule has 0 aliphatic rings. The van der Waals surface area contributed by atoms with E-state index in [-0.39, 0.29) is 12.2 Å². The summed E-state index contributed by atoms with van der Waals surface area (Å²) >= 11 is 0. The molecule has 1 aromatic carbocycles. The molecule has 0 fully saturated rings. The summed E-state index contributed by atoms with van der Waals surface area (Å²) in [5.74, 6) is -3.25. The molecule has 0 amide bonds. The Labute approximate surface area is 109 Å². The third-order valence-corrected chi connectivity index (χ3v) is 2.84. The van der Waals surface area contributed by atoms with Gasteiger partial charge in [-0.1, -0.05) is 31.2 Å². The summed E-state index contributed by atoms with van der Waals surface area (Å²) in [6.45, 7) is 1.73. The van der Waals surface area contributed by atoms with Crippen molar-refractivity contribution in [1.29, 1.82) is 0 Å². The SMILES string of the molecule is CCC(=O)c1ccc(CC(N)(C(=O)O)C(=O)O)cc1. The van der Waals surface area contributed by atoms with E-state index in [9.17, 15) is 14.4 Å². The van der Waals surface area contributed by atoms with Crippen molar-refractivity contribution in [1.82, 2.24) is 0 Å². The summed E-state index contributed by atoms with van der Waals surface area (Å²) in [6, 6.07) is 6.09. The lowest BCUT2D eigenvalue weighted by molar-refractivity contribution is -0.156. The van der Waals surface area contributed by atoms with Crippen LogP contribution in [-0.2, 0) is 16.0 Å². The maximum absolute atomic E-state index is 11.4. The van der Waals surface area contributed by atoms with E-state index in [0.29, 0.717) is 17.5 Å². The number of hydrogen-bond donors (Lipinski definition) is 3. The van der Waals surface area contributed by atoms with Crippen LogP contribution in [0.1, 0.15) is 29.3 Å². The van der Waals surface area contributed by atoms with Crippen LogP contribution in [0, 0.1) is 0 Å². The largest absolute Gasteiger partial charge is 0.479 e. The van der Waals surface area contributed by atoms with Gasteiger partial charge in [0.05, 0.1) is 0 Å². The van der Waals surface area contributed by atoms with Gasteiger partial charge in [0, 0.05) is 18.4 Å². The number of Topliss-reactive ketones (excluding diaryl/α,β-unsaturated/α-hetero) is 1. The van der Waals surface area contributed by atoms with Crippen molar-refractivity contribution in [2.75, 3.05) is 0 Å². The molecule has 0 radical (unpaired) electrons. The van der Waals surface area contributed by atoms with E-state index in [0.717, 1.165) is 0 Å². The highest BCUT2D eigenvalue weighted by atomic mass is 16.4. The molecule has 1 aromatic rings. The summed E-state index contributed by atoms with van der Waals surface area (Å²) in [5.41, 5.74) is 3.95. The molecule has 6 nitrogen and oxygen atoms in total. The second kappa shape index (κ2) is 5.62. The number of hydrogen-bond acceptors (Lipinski definition) is 4. The normalized spacial score (nSPS) is 11.1. The van der Waals surface area contributed by atoms with Crippen molar-refractivity contribution in [3.8, 4) is 0 Å². The fourth-order valence-corrected chi connectivity index (χ4v) is 1.58. The molecule has 19 heavy (non-hydrogen) atoms. The van der Waals surface area contributed by atoms with E-state index in [1.165, 1.54) is 24.3 Å². The Morgan fingerprint density at radius 1 is 1.11 bits per heavy atom. The molecule has 0 unspecified atom stereocenters. The second-order valence-corrected chi connectivity index (χ2v) is 4.23. The first-order valence-corrected chi connectivity index (χ1v) is 5.69. The lowest BCUT2D eigenvalue weighted by atomic mass is 9.91. The van der Waals surface area contributed by atoms with Gasteiger partial charge >= 0.3 is 11.9 Å². The Kier molecular flexibility index (Phi) is 4.39. The smallest absolute Gasteiger partial charge is 0.335 e. The lowest BCUT2D eigenvalue weighted by Crippen LogP contribution is -2.56. The number of rotatable bonds is 6. The van der Waals surface area contributed by atoms with Crippen molar-refractivity contribution in [2.45, 2.75) is 25.3 Å². The summed E-state index contributed by atoms with van der Waals surface area (Å²) in [7, 11) is 0. The van der Waals surface area contributed by atoms with Crippen LogP contribution in [0.5, 0.6) is 0 Å². The fraction of sp³-hybridized carbons (Fsp3) is 0.308. The van der Waals surface area contributed by atoms with Crippen LogP contribution in [0.25, 0.3) is 0 Å². The van der Waals surface area contributed by atoms with E-state index < -0.39 is 17.5 Å². The average molecular weight is 265 g/mol. The first-order chi connectivity index (χ1) is 8.81. The highest BCUT2D eigenvalue weighted by Crippen LogP contribution is 2.14. The molecule has 1 rings (SSSR count). The van der Waals surface area contributed by atoms with Crippen LogP contribution in [0.3, 0.4) is 0 Å². The maximum atomic E-state index is 11.4. The molecule has 0 spiro atoms. The van der Waals surface area contributed by atoms with Crippen LogP contribution in [-0.4, -0.2) is 33.5 Å². The molecule has 0 saturated heterocycles. The molecule has 102 valence electrons. The Balaban J connectivity index is 2.97. The summed E-state index contributed by atoms with van der Waals surface area (Å²) in [4.78, 5) is 33.3. The number of ketones is 1. The Hall–Kier alpha value is -2.21. The molecule has 0 aliphatic heterocycles. The highest BCUT2D eigenvalue weighted by molar-refractivity contribution is 6.03. The van der Waals surface area contributed by atoms with Gasteiger partial charge in [-0.15, -0.1) is 0 Å². The zero-order valence-electron chi connectivity index (χ0n) is 10.4. The molecule has 0 atom stereocenters. The standard InChI is InChI=1S/C13H15NO5/c1-2-10(15)9-5-3-8(4-6-9)7-13(14,11(16)17)12(18)19/h3-6H,2,7,14H2,1H3,(H,16,17)(H,18,19). The van der Waals surface area contributed by atoms with Gasteiger partial charge in [-0.05, 0) is 5.56 Å². The summed E-state index contributed by atoms with van der Waals surface area (Å²) in [5, 5.41) is 17.8. The average Bonchev–Trinajstić information content (AvgIpc) is 2.38. The predicted molar refractivity (Wildman–Crippen MR) is 67.0 cm³/mol. The van der Waals surface area contributed by atoms with E-state index >= 15 is 0 Å². The van der Waals surface area contributed by atoms with Crippen LogP contribution in [0.2, 0.25) is 0 Å². The molecule has 0 aliphatic carbocycles. The zero-order chi connectivity index (χ0) is 14.6. The number of carbonyl (C=O) groups excluding carboxylic acids is 1. The van der Waals surface area contributed by atoms with Gasteiger partial charge in [-0.2, -0.15) is 0 Å². The fourth-order valence-electron chi connectivity index (χ4n) is 1.58. The lowest BCUT2D eigenvalue weighted by Gasteiger charge is -2.19. The van der Waals surface area contributed by atoms with Gasteiger partial charge < -0.3 is 15.9 Å². The molecular weight excluding hydrogens is 250 g/mol. The van der Waals surface area contributed by atoms with Gasteiger partial charge in [0.15, 0.2) is 5.78 Å². The Morgan fingerprint density at radius 2 is 1.58 bits per heavy atom. The van der Waals surface area contributed by atoms with Crippen LogP contribution in [0.4, 0.5) is 0 Å². The number of carbonyl (C=O) groups is 3. The summed E-state index contributed by atoms with van der Waals surface area (Å²) < 4.78 is 0. The first kappa shape index (κ1) is 14.8. The number of carboxylic acid groups (broad SMARTS) is 2. The van der Waals surface area contributed by atoms with Crippen molar-refractivity contribution in [3.63, 3.8) is 0 Å². The molecule has 0 saturated carbocycles. The number of carboxylic acids is 2. The van der Waals surface area contributed by atoms with Crippen LogP contribution in [0.15, 0.2) is 24.3 Å². The molecule has 0 aromatic heterocycles. The minimum absolute atomic E-state index is 0.0398. The quantitative estimate of drug-likeness (QED) is 0.514. The molecule has 6 heteroatoms. The first-order valence-electron chi connectivity index (χ1n) is 5.69. The van der Waals surface area contributed by atoms with E-state index in [1.807, 2.05) is 0 Å². The molecule has 0 bridgehead atoms. The van der Waals surface area contributed by atoms with Crippen molar-refractivity contribution in [2.24, 2.45) is 5.73 Å². The summed E-state index contributed by atoms with van der Waals surface area (Å²) in [6.07, 6.45) is 0.0166. The van der Waals surface area contributed by atoms with Crippen molar-refractivity contribution >= 4 is 17.7 Å². The van der Waals surface area contributed by atoms with E-state index in [2.05, 4.69) is 0 Å². The van der Waals surface area contributed by atoms with E-state index in [1.54, 1.807) is 6.92 Å². The number of nitrogens with two attached hydrogens (primary N) is 1. The predicted octanol–water partition coefficient (Wildman–Crippen LogP) is 0.688. The molecule has 4 N–H and O–H groups in total. The molecule has 0 heterocycles. The van der Waals surface area contributed by atoms with Crippen LogP contribution >= 0.6 is 0 Å². The third kappa shape index (κ3) is 3.17. The van der Waals surface area contributed by atoms with Crippen molar-refractivity contribution < 1.29 is 24.6 Å². The topological polar surface area (TPSA) is 118 Å². The van der Waals surface area contributed by atoms with Gasteiger partial charge in [0.1, 0.15) is 0 Å². The van der Waals surface area contributed by atoms with Crippen molar-refractivity contribution in [3.05, 3.63) is 35.4 Å². The van der Waals surface area contributed by atoms with Gasteiger partial charge in [-0.3, -0.25) is 4.79 Å². The monoisotopic (exact) mass is 265 g/mol. The second-order valence-electron chi connectivity index (χ2n) is 4.23. The molecular formula is C13H15NO5. The van der Waals surface area contributed by atoms with Crippen LogP contribution < -0.4 is 5.73 Å². The number of benzene rings is 1. The Bertz CT molecular complexity index is 492. The Morgan fingerprint density at radius 3 is 1.95 bits per heavy atom. The number of aliphatic carboxylic acids is 2. The van der Waals surface area contributed by atoms with Gasteiger partial charge in [0.2, 0.25) is 5.54 Å².